The maximum Gasteiger partial charge on any atom is 0.0954 e. The topological polar surface area (TPSA) is 17.8 Å². The van der Waals surface area contributed by atoms with Gasteiger partial charge in [-0.3, -0.25) is 0 Å². The van der Waals surface area contributed by atoms with Gasteiger partial charge in [0, 0.05) is 12.4 Å². The Hall–Kier alpha value is -2.87. The van der Waals surface area contributed by atoms with Gasteiger partial charge in [-0.05, 0) is 34.9 Å². The van der Waals surface area contributed by atoms with Crippen LogP contribution in [0.5, 0.6) is 0 Å². The van der Waals surface area contributed by atoms with Crippen molar-refractivity contribution in [2.75, 3.05) is 0 Å². The number of fused-ring (bicyclic) bond motifs is 1. The Kier molecular flexibility index (Phi) is 3.43. The Labute approximate surface area is 136 Å². The highest BCUT2D eigenvalue weighted by atomic mass is 15.0. The summed E-state index contributed by atoms with van der Waals surface area (Å²) in [5.41, 5.74) is 3.81. The predicted molar refractivity (Wildman–Crippen MR) is 94.6 cm³/mol. The molecule has 23 heavy (non-hydrogen) atoms. The Bertz CT molecular complexity index is 922. The first-order valence-corrected chi connectivity index (χ1v) is 7.84. The summed E-state index contributed by atoms with van der Waals surface area (Å²) in [6.45, 7) is 2.12. The number of aromatic nitrogens is 2. The zero-order valence-corrected chi connectivity index (χ0v) is 13.1. The van der Waals surface area contributed by atoms with Gasteiger partial charge in [0.05, 0.1) is 12.4 Å². The molecule has 0 saturated carbocycles. The number of hydrogen-bond donors (Lipinski definition) is 0. The third-order valence-corrected chi connectivity index (χ3v) is 4.31. The Morgan fingerprint density at radius 1 is 0.826 bits per heavy atom. The van der Waals surface area contributed by atoms with E-state index < -0.39 is 0 Å². The van der Waals surface area contributed by atoms with E-state index in [1.54, 1.807) is 0 Å². The van der Waals surface area contributed by atoms with Crippen molar-refractivity contribution < 1.29 is 0 Å². The smallest absolute Gasteiger partial charge is 0.0954 e. The molecule has 0 aliphatic rings. The average molecular weight is 298 g/mol. The Morgan fingerprint density at radius 2 is 1.57 bits per heavy atom. The summed E-state index contributed by atoms with van der Waals surface area (Å²) in [6, 6.07) is 24.1. The summed E-state index contributed by atoms with van der Waals surface area (Å²) in [6.07, 6.45) is 5.75. The maximum absolute atomic E-state index is 4.24. The van der Waals surface area contributed by atoms with Gasteiger partial charge in [-0.25, -0.2) is 4.98 Å². The molecule has 4 rings (SSSR count). The molecule has 2 heteroatoms. The lowest BCUT2D eigenvalue weighted by Crippen LogP contribution is -2.10. The molecular weight excluding hydrogens is 280 g/mol. The van der Waals surface area contributed by atoms with Gasteiger partial charge >= 0.3 is 0 Å². The van der Waals surface area contributed by atoms with Crippen molar-refractivity contribution in [1.82, 2.24) is 9.55 Å². The van der Waals surface area contributed by atoms with E-state index in [1.165, 1.54) is 27.5 Å². The largest absolute Gasteiger partial charge is 0.326 e. The molecule has 0 fully saturated rings. The van der Waals surface area contributed by atoms with Crippen LogP contribution in [-0.4, -0.2) is 9.55 Å². The van der Waals surface area contributed by atoms with Crippen LogP contribution in [0.3, 0.4) is 0 Å². The van der Waals surface area contributed by atoms with Gasteiger partial charge in [-0.1, -0.05) is 66.2 Å². The van der Waals surface area contributed by atoms with E-state index in [2.05, 4.69) is 83.2 Å². The van der Waals surface area contributed by atoms with E-state index in [0.29, 0.717) is 0 Å². The molecule has 0 spiro atoms. The Morgan fingerprint density at radius 3 is 2.30 bits per heavy atom. The molecule has 4 aromatic rings. The van der Waals surface area contributed by atoms with Crippen molar-refractivity contribution in [2.45, 2.75) is 13.0 Å². The van der Waals surface area contributed by atoms with Crippen LogP contribution in [0.1, 0.15) is 22.7 Å². The Balaban J connectivity index is 1.88. The van der Waals surface area contributed by atoms with Gasteiger partial charge in [-0.2, -0.15) is 0 Å². The van der Waals surface area contributed by atoms with Gasteiger partial charge in [0.2, 0.25) is 0 Å². The van der Waals surface area contributed by atoms with Crippen LogP contribution in [0.4, 0.5) is 0 Å². The zero-order valence-electron chi connectivity index (χ0n) is 13.1. The second-order valence-corrected chi connectivity index (χ2v) is 5.93. The minimum absolute atomic E-state index is 0.141. The number of imidazole rings is 1. The first-order valence-electron chi connectivity index (χ1n) is 7.84. The highest BCUT2D eigenvalue weighted by molar-refractivity contribution is 5.83. The van der Waals surface area contributed by atoms with Gasteiger partial charge < -0.3 is 4.57 Å². The summed E-state index contributed by atoms with van der Waals surface area (Å²) in [7, 11) is 0. The standard InChI is InChI=1S/C21H18N2/c1-16-6-8-18(9-7-16)21(23-13-12-22-15-23)20-11-10-17-4-2-3-5-19(17)14-20/h2-15,21H,1H3. The molecule has 1 heterocycles. The normalized spacial score (nSPS) is 12.4. The highest BCUT2D eigenvalue weighted by Gasteiger charge is 2.16. The lowest BCUT2D eigenvalue weighted by molar-refractivity contribution is 0.677. The van der Waals surface area contributed by atoms with Gasteiger partial charge in [0.15, 0.2) is 0 Å². The second kappa shape index (κ2) is 5.73. The number of aryl methyl sites for hydroxylation is 1. The molecule has 0 bridgehead atoms. The molecule has 1 atom stereocenters. The minimum atomic E-state index is 0.141. The zero-order chi connectivity index (χ0) is 15.6. The summed E-state index contributed by atoms with van der Waals surface area (Å²) >= 11 is 0. The van der Waals surface area contributed by atoms with Crippen LogP contribution in [0.25, 0.3) is 10.8 Å². The van der Waals surface area contributed by atoms with Crippen molar-refractivity contribution >= 4 is 10.8 Å². The molecule has 0 aliphatic heterocycles. The molecule has 0 saturated heterocycles. The molecule has 0 radical (unpaired) electrons. The predicted octanol–water partition coefficient (Wildman–Crippen LogP) is 4.98. The highest BCUT2D eigenvalue weighted by Crippen LogP contribution is 2.29. The van der Waals surface area contributed by atoms with E-state index in [-0.39, 0.29) is 6.04 Å². The van der Waals surface area contributed by atoms with Crippen molar-refractivity contribution in [3.05, 3.63) is 102 Å². The van der Waals surface area contributed by atoms with Gasteiger partial charge in [-0.15, -0.1) is 0 Å². The van der Waals surface area contributed by atoms with Crippen molar-refractivity contribution in [3.8, 4) is 0 Å². The number of hydrogen-bond acceptors (Lipinski definition) is 1. The molecule has 0 aliphatic carbocycles. The fourth-order valence-corrected chi connectivity index (χ4v) is 3.09. The van der Waals surface area contributed by atoms with E-state index >= 15 is 0 Å². The molecule has 0 N–H and O–H groups in total. The summed E-state index contributed by atoms with van der Waals surface area (Å²) in [5.74, 6) is 0. The van der Waals surface area contributed by atoms with Crippen molar-refractivity contribution in [3.63, 3.8) is 0 Å². The van der Waals surface area contributed by atoms with Crippen molar-refractivity contribution in [1.29, 1.82) is 0 Å². The lowest BCUT2D eigenvalue weighted by Gasteiger charge is -2.20. The average Bonchev–Trinajstić information content (AvgIpc) is 3.11. The van der Waals surface area contributed by atoms with Crippen LogP contribution in [0, 0.1) is 6.92 Å². The summed E-state index contributed by atoms with van der Waals surface area (Å²) in [5, 5.41) is 2.53. The third-order valence-electron chi connectivity index (χ3n) is 4.31. The minimum Gasteiger partial charge on any atom is -0.326 e. The molecule has 3 aromatic carbocycles. The van der Waals surface area contributed by atoms with Gasteiger partial charge in [0.1, 0.15) is 0 Å². The van der Waals surface area contributed by atoms with E-state index in [9.17, 15) is 0 Å². The summed E-state index contributed by atoms with van der Waals surface area (Å²) < 4.78 is 2.16. The van der Waals surface area contributed by atoms with Crippen LogP contribution in [0.2, 0.25) is 0 Å². The first-order chi connectivity index (χ1) is 11.3. The van der Waals surface area contributed by atoms with E-state index in [0.717, 1.165) is 0 Å². The molecular formula is C21H18N2. The molecule has 2 nitrogen and oxygen atoms in total. The first kappa shape index (κ1) is 13.8. The molecule has 112 valence electrons. The van der Waals surface area contributed by atoms with Crippen LogP contribution < -0.4 is 0 Å². The van der Waals surface area contributed by atoms with Crippen molar-refractivity contribution in [2.24, 2.45) is 0 Å². The fraction of sp³-hybridized carbons (Fsp3) is 0.0952. The van der Waals surface area contributed by atoms with Crippen LogP contribution in [-0.2, 0) is 0 Å². The molecule has 1 unspecified atom stereocenters. The SMILES string of the molecule is Cc1ccc(C(c2ccc3ccccc3c2)n2ccnc2)cc1. The van der Waals surface area contributed by atoms with E-state index in [4.69, 9.17) is 0 Å². The lowest BCUT2D eigenvalue weighted by atomic mass is 9.95. The number of benzene rings is 3. The monoisotopic (exact) mass is 298 g/mol. The third kappa shape index (κ3) is 2.64. The molecule has 1 aromatic heterocycles. The van der Waals surface area contributed by atoms with Crippen LogP contribution in [0.15, 0.2) is 85.5 Å². The quantitative estimate of drug-likeness (QED) is 0.521. The summed E-state index contributed by atoms with van der Waals surface area (Å²) in [4.78, 5) is 4.24. The van der Waals surface area contributed by atoms with Gasteiger partial charge in [0.25, 0.3) is 0 Å². The van der Waals surface area contributed by atoms with E-state index in [1.807, 2.05) is 18.7 Å². The maximum atomic E-state index is 4.24. The number of rotatable bonds is 3. The fourth-order valence-electron chi connectivity index (χ4n) is 3.09. The number of nitrogens with zero attached hydrogens (tertiary/aromatic N) is 2. The molecule has 0 amide bonds. The van der Waals surface area contributed by atoms with Crippen LogP contribution >= 0.6 is 0 Å². The second-order valence-electron chi connectivity index (χ2n) is 5.93.